The van der Waals surface area contributed by atoms with E-state index < -0.39 is 0 Å². The van der Waals surface area contributed by atoms with Crippen molar-refractivity contribution in [3.63, 3.8) is 0 Å². The summed E-state index contributed by atoms with van der Waals surface area (Å²) in [6.07, 6.45) is 2.01. The van der Waals surface area contributed by atoms with Crippen LogP contribution in [0.4, 0.5) is 5.13 Å². The molecule has 0 amide bonds. The van der Waals surface area contributed by atoms with E-state index in [1.54, 1.807) is 44.0 Å². The zero-order valence-corrected chi connectivity index (χ0v) is 19.5. The minimum absolute atomic E-state index is 0.509. The molecule has 31 heavy (non-hydrogen) atoms. The molecule has 0 bridgehead atoms. The third-order valence-corrected chi connectivity index (χ3v) is 6.70. The van der Waals surface area contributed by atoms with Gasteiger partial charge < -0.3 is 19.5 Å². The van der Waals surface area contributed by atoms with E-state index in [0.29, 0.717) is 23.8 Å². The molecule has 162 valence electrons. The zero-order valence-electron chi connectivity index (χ0n) is 17.8. The molecule has 0 saturated heterocycles. The lowest BCUT2D eigenvalue weighted by Gasteiger charge is -2.15. The zero-order chi connectivity index (χ0) is 21.8. The Morgan fingerprint density at radius 2 is 1.84 bits per heavy atom. The quantitative estimate of drug-likeness (QED) is 0.379. The van der Waals surface area contributed by atoms with E-state index in [-0.39, 0.29) is 0 Å². The average molecular weight is 457 g/mol. The van der Waals surface area contributed by atoms with Gasteiger partial charge in [-0.15, -0.1) is 0 Å². The number of methoxy groups -OCH3 is 3. The molecule has 4 aromatic rings. The van der Waals surface area contributed by atoms with Gasteiger partial charge in [0, 0.05) is 24.9 Å². The highest BCUT2D eigenvalue weighted by molar-refractivity contribution is 7.19. The Labute approximate surface area is 189 Å². The first-order chi connectivity index (χ1) is 15.1. The number of nitrogens with zero attached hydrogens (tertiary/aromatic N) is 3. The van der Waals surface area contributed by atoms with Crippen LogP contribution >= 0.6 is 22.7 Å². The Morgan fingerprint density at radius 1 is 1.06 bits per heavy atom. The number of benzene rings is 1. The molecule has 0 saturated carbocycles. The summed E-state index contributed by atoms with van der Waals surface area (Å²) in [4.78, 5) is 5.74. The molecule has 0 atom stereocenters. The number of hydrogen-bond acceptors (Lipinski definition) is 8. The molecule has 0 spiro atoms. The fourth-order valence-electron chi connectivity index (χ4n) is 3.27. The number of aromatic nitrogens is 3. The molecular formula is C22H24N4O3S2. The predicted molar refractivity (Wildman–Crippen MR) is 125 cm³/mol. The summed E-state index contributed by atoms with van der Waals surface area (Å²) >= 11 is 3.28. The van der Waals surface area contributed by atoms with E-state index in [2.05, 4.69) is 27.1 Å². The van der Waals surface area contributed by atoms with Gasteiger partial charge in [-0.25, -0.2) is 4.98 Å². The van der Waals surface area contributed by atoms with Crippen LogP contribution in [0, 0.1) is 6.92 Å². The van der Waals surface area contributed by atoms with Crippen LogP contribution in [0.2, 0.25) is 0 Å². The Kier molecular flexibility index (Phi) is 6.43. The highest BCUT2D eigenvalue weighted by atomic mass is 32.1. The third kappa shape index (κ3) is 4.67. The first-order valence-corrected chi connectivity index (χ1v) is 11.4. The van der Waals surface area contributed by atoms with Gasteiger partial charge >= 0.3 is 0 Å². The molecule has 3 heterocycles. The van der Waals surface area contributed by atoms with E-state index in [1.807, 2.05) is 36.0 Å². The van der Waals surface area contributed by atoms with Gasteiger partial charge in [0.1, 0.15) is 22.9 Å². The van der Waals surface area contributed by atoms with Gasteiger partial charge in [0.15, 0.2) is 5.13 Å². The van der Waals surface area contributed by atoms with Crippen LogP contribution in [0.5, 0.6) is 17.2 Å². The molecule has 0 aliphatic heterocycles. The maximum absolute atomic E-state index is 5.53. The van der Waals surface area contributed by atoms with Crippen LogP contribution in [0.1, 0.15) is 16.8 Å². The molecule has 7 nitrogen and oxygen atoms in total. The highest BCUT2D eigenvalue weighted by Crippen LogP contribution is 2.36. The third-order valence-electron chi connectivity index (χ3n) is 4.83. The summed E-state index contributed by atoms with van der Waals surface area (Å²) in [7, 11) is 4.89. The van der Waals surface area contributed by atoms with Gasteiger partial charge in [-0.05, 0) is 35.4 Å². The number of ether oxygens (including phenoxy) is 3. The summed E-state index contributed by atoms with van der Waals surface area (Å²) in [5.41, 5.74) is 4.03. The predicted octanol–water partition coefficient (Wildman–Crippen LogP) is 5.06. The maximum atomic E-state index is 5.53. The van der Waals surface area contributed by atoms with Gasteiger partial charge in [-0.3, -0.25) is 4.68 Å². The second-order valence-corrected chi connectivity index (χ2v) is 8.61. The highest BCUT2D eigenvalue weighted by Gasteiger charge is 2.16. The van der Waals surface area contributed by atoms with Crippen LogP contribution in [-0.2, 0) is 13.1 Å². The van der Waals surface area contributed by atoms with Crippen molar-refractivity contribution in [3.8, 4) is 27.8 Å². The summed E-state index contributed by atoms with van der Waals surface area (Å²) in [5, 5.41) is 13.2. The molecule has 0 aliphatic rings. The van der Waals surface area contributed by atoms with Gasteiger partial charge in [0.05, 0.1) is 44.0 Å². The van der Waals surface area contributed by atoms with E-state index in [9.17, 15) is 0 Å². The van der Waals surface area contributed by atoms with Crippen LogP contribution in [-0.4, -0.2) is 36.1 Å². The van der Waals surface area contributed by atoms with Crippen molar-refractivity contribution >= 4 is 27.8 Å². The Bertz CT molecular complexity index is 1130. The Morgan fingerprint density at radius 3 is 2.48 bits per heavy atom. The molecule has 0 aliphatic carbocycles. The lowest BCUT2D eigenvalue weighted by Crippen LogP contribution is -2.04. The van der Waals surface area contributed by atoms with Crippen molar-refractivity contribution in [2.45, 2.75) is 20.0 Å². The Balaban J connectivity index is 1.51. The number of hydrogen-bond donors (Lipinski definition) is 1. The number of thiazole rings is 1. The second-order valence-electron chi connectivity index (χ2n) is 6.83. The fourth-order valence-corrected chi connectivity index (χ4v) is 4.85. The van der Waals surface area contributed by atoms with Crippen LogP contribution < -0.4 is 19.5 Å². The van der Waals surface area contributed by atoms with Crippen LogP contribution in [0.3, 0.4) is 0 Å². The van der Waals surface area contributed by atoms with Crippen LogP contribution in [0.15, 0.2) is 41.2 Å². The van der Waals surface area contributed by atoms with Crippen LogP contribution in [0.25, 0.3) is 10.6 Å². The number of nitrogens with one attached hydrogen (secondary N) is 1. The number of anilines is 1. The fraction of sp³-hybridized carbons (Fsp3) is 0.273. The normalized spacial score (nSPS) is 10.8. The first kappa shape index (κ1) is 21.2. The molecular weight excluding hydrogens is 432 g/mol. The largest absolute Gasteiger partial charge is 0.496 e. The van der Waals surface area contributed by atoms with Crippen molar-refractivity contribution in [1.29, 1.82) is 0 Å². The minimum Gasteiger partial charge on any atom is -0.496 e. The lowest BCUT2D eigenvalue weighted by molar-refractivity contribution is 0.369. The van der Waals surface area contributed by atoms with E-state index >= 15 is 0 Å². The van der Waals surface area contributed by atoms with Crippen molar-refractivity contribution in [2.75, 3.05) is 26.6 Å². The summed E-state index contributed by atoms with van der Waals surface area (Å²) in [5.74, 6) is 2.08. The summed E-state index contributed by atoms with van der Waals surface area (Å²) in [6.45, 7) is 3.28. The van der Waals surface area contributed by atoms with E-state index in [4.69, 9.17) is 19.3 Å². The van der Waals surface area contributed by atoms with Gasteiger partial charge in [0.2, 0.25) is 0 Å². The molecule has 0 fully saturated rings. The lowest BCUT2D eigenvalue weighted by atomic mass is 10.1. The number of aryl methyl sites for hydroxylation is 1. The molecule has 9 heteroatoms. The van der Waals surface area contributed by atoms with E-state index in [1.165, 1.54) is 5.56 Å². The first-order valence-electron chi connectivity index (χ1n) is 9.66. The average Bonchev–Trinajstić information content (AvgIpc) is 3.53. The molecule has 3 aromatic heterocycles. The smallest absolute Gasteiger partial charge is 0.183 e. The number of rotatable bonds is 9. The van der Waals surface area contributed by atoms with Gasteiger partial charge in [0.25, 0.3) is 0 Å². The van der Waals surface area contributed by atoms with Crippen molar-refractivity contribution < 1.29 is 14.2 Å². The molecule has 0 radical (unpaired) electrons. The summed E-state index contributed by atoms with van der Waals surface area (Å²) < 4.78 is 18.3. The van der Waals surface area contributed by atoms with Gasteiger partial charge in [-0.2, -0.15) is 16.4 Å². The SMILES string of the molecule is COc1cc(OC)c(CNc2nc(C)c(-c3ccn(Cc4ccsc4)n3)s2)c(OC)c1. The number of thiophene rings is 1. The maximum Gasteiger partial charge on any atom is 0.183 e. The van der Waals surface area contributed by atoms with Crippen molar-refractivity contribution in [1.82, 2.24) is 14.8 Å². The molecule has 0 unspecified atom stereocenters. The Hall–Kier alpha value is -3.04. The second kappa shape index (κ2) is 9.40. The topological polar surface area (TPSA) is 70.4 Å². The van der Waals surface area contributed by atoms with Gasteiger partial charge in [-0.1, -0.05) is 11.3 Å². The molecule has 4 rings (SSSR count). The van der Waals surface area contributed by atoms with Crippen molar-refractivity contribution in [2.24, 2.45) is 0 Å². The molecule has 1 aromatic carbocycles. The monoisotopic (exact) mass is 456 g/mol. The van der Waals surface area contributed by atoms with E-state index in [0.717, 1.165) is 33.5 Å². The standard InChI is InChI=1S/C22H24N4O3S2/c1-14-21(18-5-7-26(25-18)12-15-6-8-30-13-15)31-22(24-14)23-11-17-19(28-3)9-16(27-2)10-20(17)29-4/h5-10,13H,11-12H2,1-4H3,(H,23,24). The molecule has 1 N–H and O–H groups in total. The summed E-state index contributed by atoms with van der Waals surface area (Å²) in [6, 6.07) is 7.84. The van der Waals surface area contributed by atoms with Crippen molar-refractivity contribution in [3.05, 3.63) is 58.0 Å². The minimum atomic E-state index is 0.509.